The van der Waals surface area contributed by atoms with E-state index in [-0.39, 0.29) is 0 Å². The molecule has 2 amide bonds. The summed E-state index contributed by atoms with van der Waals surface area (Å²) in [6.07, 6.45) is 2.32. The van der Waals surface area contributed by atoms with E-state index in [0.717, 1.165) is 6.42 Å². The van der Waals surface area contributed by atoms with Crippen LogP contribution in [0.25, 0.3) is 0 Å². The number of anilines is 1. The Morgan fingerprint density at radius 1 is 0.963 bits per heavy atom. The van der Waals surface area contributed by atoms with E-state index in [1.165, 1.54) is 6.21 Å². The maximum atomic E-state index is 12.0. The van der Waals surface area contributed by atoms with E-state index >= 15 is 0 Å². The monoisotopic (exact) mass is 369 g/mol. The van der Waals surface area contributed by atoms with Crippen LogP contribution < -0.4 is 20.2 Å². The fourth-order valence-electron chi connectivity index (χ4n) is 2.17. The number of para-hydroxylation sites is 3. The van der Waals surface area contributed by atoms with Gasteiger partial charge in [0, 0.05) is 5.56 Å². The molecule has 0 aliphatic carbocycles. The third-order valence-electron chi connectivity index (χ3n) is 3.39. The number of benzene rings is 2. The van der Waals surface area contributed by atoms with Crippen molar-refractivity contribution in [3.63, 3.8) is 0 Å². The van der Waals surface area contributed by atoms with Crippen LogP contribution in [0.2, 0.25) is 0 Å². The standard InChI is InChI=1S/C20H23N3O4/c1-3-13-27-17-11-7-5-9-15(17)14-21-23-20(25)19(24)22-16-10-6-8-12-18(16)26-4-2/h5-12,14H,3-4,13H2,1-2H3,(H,22,24)(H,23,25)/b21-14-. The van der Waals surface area contributed by atoms with Crippen LogP contribution in [0.15, 0.2) is 53.6 Å². The maximum Gasteiger partial charge on any atom is 0.329 e. The molecule has 7 heteroatoms. The van der Waals surface area contributed by atoms with Gasteiger partial charge in [0.15, 0.2) is 0 Å². The highest BCUT2D eigenvalue weighted by Gasteiger charge is 2.15. The fraction of sp³-hybridized carbons (Fsp3) is 0.250. The number of hydrogen-bond donors (Lipinski definition) is 2. The molecule has 2 aromatic carbocycles. The molecule has 2 aromatic rings. The minimum atomic E-state index is -0.885. The quantitative estimate of drug-likeness (QED) is 0.425. The number of nitrogens with zero attached hydrogens (tertiary/aromatic N) is 1. The van der Waals surface area contributed by atoms with Crippen LogP contribution in [0.1, 0.15) is 25.8 Å². The smallest absolute Gasteiger partial charge is 0.329 e. The summed E-state index contributed by atoms with van der Waals surface area (Å²) in [6.45, 7) is 4.88. The molecule has 142 valence electrons. The minimum absolute atomic E-state index is 0.418. The molecule has 7 nitrogen and oxygen atoms in total. The van der Waals surface area contributed by atoms with E-state index in [0.29, 0.717) is 36.0 Å². The lowest BCUT2D eigenvalue weighted by molar-refractivity contribution is -0.136. The van der Waals surface area contributed by atoms with Gasteiger partial charge in [-0.1, -0.05) is 31.2 Å². The molecule has 2 rings (SSSR count). The van der Waals surface area contributed by atoms with Crippen molar-refractivity contribution < 1.29 is 19.1 Å². The highest BCUT2D eigenvalue weighted by atomic mass is 16.5. The van der Waals surface area contributed by atoms with E-state index < -0.39 is 11.8 Å². The number of amides is 2. The van der Waals surface area contributed by atoms with Gasteiger partial charge in [-0.25, -0.2) is 5.43 Å². The van der Waals surface area contributed by atoms with Crippen molar-refractivity contribution in [2.24, 2.45) is 5.10 Å². The number of hydrogen-bond acceptors (Lipinski definition) is 5. The van der Waals surface area contributed by atoms with E-state index in [1.54, 1.807) is 30.3 Å². The second-order valence-corrected chi connectivity index (χ2v) is 5.47. The lowest BCUT2D eigenvalue weighted by Crippen LogP contribution is -2.32. The summed E-state index contributed by atoms with van der Waals surface area (Å²) in [5.74, 6) is -0.571. The zero-order valence-electron chi connectivity index (χ0n) is 15.4. The van der Waals surface area contributed by atoms with Crippen LogP contribution in [0.3, 0.4) is 0 Å². The number of hydrazone groups is 1. The summed E-state index contributed by atoms with van der Waals surface area (Å²) in [5, 5.41) is 6.34. The molecule has 0 saturated carbocycles. The molecule has 0 unspecified atom stereocenters. The molecule has 0 aliphatic rings. The Labute approximate surface area is 158 Å². The summed E-state index contributed by atoms with van der Waals surface area (Å²) in [5.41, 5.74) is 3.33. The van der Waals surface area contributed by atoms with Gasteiger partial charge in [0.25, 0.3) is 0 Å². The Hall–Kier alpha value is -3.35. The average Bonchev–Trinajstić information content (AvgIpc) is 2.68. The zero-order chi connectivity index (χ0) is 19.5. The number of rotatable bonds is 8. The lowest BCUT2D eigenvalue weighted by Gasteiger charge is -2.10. The number of carbonyl (C=O) groups excluding carboxylic acids is 2. The summed E-state index contributed by atoms with van der Waals surface area (Å²) >= 11 is 0. The Balaban J connectivity index is 1.96. The molecule has 0 saturated heterocycles. The Kier molecular flexibility index (Phi) is 7.84. The van der Waals surface area contributed by atoms with Gasteiger partial charge in [-0.3, -0.25) is 9.59 Å². The molecular weight excluding hydrogens is 346 g/mol. The average molecular weight is 369 g/mol. The topological polar surface area (TPSA) is 89.0 Å². The third-order valence-corrected chi connectivity index (χ3v) is 3.39. The molecule has 0 aromatic heterocycles. The van der Waals surface area contributed by atoms with Crippen molar-refractivity contribution in [2.45, 2.75) is 20.3 Å². The molecule has 0 spiro atoms. The highest BCUT2D eigenvalue weighted by Crippen LogP contribution is 2.23. The zero-order valence-corrected chi connectivity index (χ0v) is 15.4. The van der Waals surface area contributed by atoms with Crippen molar-refractivity contribution in [2.75, 3.05) is 18.5 Å². The van der Waals surface area contributed by atoms with E-state index in [2.05, 4.69) is 15.8 Å². The summed E-state index contributed by atoms with van der Waals surface area (Å²) in [4.78, 5) is 24.0. The lowest BCUT2D eigenvalue weighted by atomic mass is 10.2. The van der Waals surface area contributed by atoms with Crippen molar-refractivity contribution in [3.8, 4) is 11.5 Å². The number of carbonyl (C=O) groups is 2. The van der Waals surface area contributed by atoms with Gasteiger partial charge in [-0.05, 0) is 37.6 Å². The fourth-order valence-corrected chi connectivity index (χ4v) is 2.17. The molecule has 0 radical (unpaired) electrons. The summed E-state index contributed by atoms with van der Waals surface area (Å²) < 4.78 is 11.0. The summed E-state index contributed by atoms with van der Waals surface area (Å²) in [7, 11) is 0. The van der Waals surface area contributed by atoms with Crippen molar-refractivity contribution in [1.29, 1.82) is 0 Å². The first-order valence-electron chi connectivity index (χ1n) is 8.73. The molecule has 0 atom stereocenters. The van der Waals surface area contributed by atoms with Crippen LogP contribution in [-0.2, 0) is 9.59 Å². The minimum Gasteiger partial charge on any atom is -0.493 e. The van der Waals surface area contributed by atoms with Gasteiger partial charge in [0.2, 0.25) is 0 Å². The molecule has 0 heterocycles. The first-order chi connectivity index (χ1) is 13.2. The molecule has 0 fully saturated rings. The SMILES string of the molecule is CCCOc1ccccc1/C=N\NC(=O)C(=O)Nc1ccccc1OCC. The highest BCUT2D eigenvalue weighted by molar-refractivity contribution is 6.39. The Morgan fingerprint density at radius 2 is 1.67 bits per heavy atom. The largest absolute Gasteiger partial charge is 0.493 e. The van der Waals surface area contributed by atoms with Crippen molar-refractivity contribution in [1.82, 2.24) is 5.43 Å². The second-order valence-electron chi connectivity index (χ2n) is 5.47. The molecule has 2 N–H and O–H groups in total. The van der Waals surface area contributed by atoms with Gasteiger partial charge in [0.1, 0.15) is 11.5 Å². The maximum absolute atomic E-state index is 12.0. The summed E-state index contributed by atoms with van der Waals surface area (Å²) in [6, 6.07) is 14.2. The normalized spacial score (nSPS) is 10.4. The second kappa shape index (κ2) is 10.6. The van der Waals surface area contributed by atoms with Crippen LogP contribution in [-0.4, -0.2) is 31.2 Å². The number of nitrogens with one attached hydrogen (secondary N) is 2. The van der Waals surface area contributed by atoms with Gasteiger partial charge >= 0.3 is 11.8 Å². The number of ether oxygens (including phenoxy) is 2. The van der Waals surface area contributed by atoms with Crippen molar-refractivity contribution in [3.05, 3.63) is 54.1 Å². The molecule has 0 aliphatic heterocycles. The van der Waals surface area contributed by atoms with Gasteiger partial charge in [-0.2, -0.15) is 5.10 Å². The van der Waals surface area contributed by atoms with E-state index in [4.69, 9.17) is 9.47 Å². The van der Waals surface area contributed by atoms with Crippen LogP contribution in [0.4, 0.5) is 5.69 Å². The molecule has 27 heavy (non-hydrogen) atoms. The molecular formula is C20H23N3O4. The molecule has 0 bridgehead atoms. The van der Waals surface area contributed by atoms with Gasteiger partial charge in [0.05, 0.1) is 25.1 Å². The van der Waals surface area contributed by atoms with E-state index in [1.807, 2.05) is 32.0 Å². The first-order valence-corrected chi connectivity index (χ1v) is 8.73. The van der Waals surface area contributed by atoms with Gasteiger partial charge < -0.3 is 14.8 Å². The van der Waals surface area contributed by atoms with Crippen LogP contribution in [0, 0.1) is 0 Å². The Morgan fingerprint density at radius 3 is 2.41 bits per heavy atom. The Bertz CT molecular complexity index is 805. The third kappa shape index (κ3) is 6.14. The van der Waals surface area contributed by atoms with Crippen LogP contribution >= 0.6 is 0 Å². The predicted molar refractivity (Wildman–Crippen MR) is 104 cm³/mol. The van der Waals surface area contributed by atoms with Crippen LogP contribution in [0.5, 0.6) is 11.5 Å². The first kappa shape index (κ1) is 20.0. The van der Waals surface area contributed by atoms with Gasteiger partial charge in [-0.15, -0.1) is 0 Å². The van der Waals surface area contributed by atoms with Crippen molar-refractivity contribution >= 4 is 23.7 Å². The predicted octanol–water partition coefficient (Wildman–Crippen LogP) is 2.96. The van der Waals surface area contributed by atoms with E-state index in [9.17, 15) is 9.59 Å².